The molecular formula is C25H27NO3S. The first kappa shape index (κ1) is 21.8. The van der Waals surface area contributed by atoms with E-state index in [-0.39, 0.29) is 5.91 Å². The van der Waals surface area contributed by atoms with Gasteiger partial charge in [-0.15, -0.1) is 11.8 Å². The lowest BCUT2D eigenvalue weighted by Crippen LogP contribution is -2.32. The zero-order valence-electron chi connectivity index (χ0n) is 17.6. The molecule has 3 aromatic carbocycles. The minimum Gasteiger partial charge on any atom is -0.497 e. The lowest BCUT2D eigenvalue weighted by Gasteiger charge is -2.18. The number of anilines is 1. The van der Waals surface area contributed by atoms with Crippen LogP contribution in [0.4, 0.5) is 5.69 Å². The first-order valence-electron chi connectivity index (χ1n) is 9.98. The Hall–Kier alpha value is -2.92. The molecule has 0 aliphatic carbocycles. The molecule has 5 heteroatoms. The molecule has 3 rings (SSSR count). The van der Waals surface area contributed by atoms with Crippen LogP contribution in [0.5, 0.6) is 11.5 Å². The van der Waals surface area contributed by atoms with E-state index in [1.807, 2.05) is 50.2 Å². The molecule has 3 aromatic rings. The third-order valence-corrected chi connectivity index (χ3v) is 5.78. The zero-order chi connectivity index (χ0) is 21.3. The highest BCUT2D eigenvalue weighted by molar-refractivity contribution is 7.98. The Labute approximate surface area is 182 Å². The van der Waals surface area contributed by atoms with E-state index in [4.69, 9.17) is 9.47 Å². The van der Waals surface area contributed by atoms with Crippen LogP contribution >= 0.6 is 11.8 Å². The smallest absolute Gasteiger partial charge is 0.265 e. The number of amides is 1. The van der Waals surface area contributed by atoms with Crippen molar-refractivity contribution in [2.45, 2.75) is 37.0 Å². The molecular weight excluding hydrogens is 394 g/mol. The number of carbonyl (C=O) groups excluding carboxylic acids is 1. The summed E-state index contributed by atoms with van der Waals surface area (Å²) >= 11 is 1.80. The standard InChI is InChI=1S/C25H27NO3S/c1-4-24(29-21-13-11-20(28-3)12-14-21)25(27)26-23-15-10-19(16-18(23)2)17-30-22-8-6-5-7-9-22/h5-16,24H,4,17H2,1-3H3,(H,26,27)/t24-/m0/s1. The lowest BCUT2D eigenvalue weighted by atomic mass is 10.1. The fraction of sp³-hybridized carbons (Fsp3) is 0.240. The highest BCUT2D eigenvalue weighted by Gasteiger charge is 2.19. The van der Waals surface area contributed by atoms with Gasteiger partial charge in [0.15, 0.2) is 6.10 Å². The molecule has 30 heavy (non-hydrogen) atoms. The van der Waals surface area contributed by atoms with Crippen molar-refractivity contribution >= 4 is 23.4 Å². The molecule has 0 radical (unpaired) electrons. The van der Waals surface area contributed by atoms with Crippen molar-refractivity contribution in [1.82, 2.24) is 0 Å². The molecule has 1 amide bonds. The first-order valence-corrected chi connectivity index (χ1v) is 11.0. The van der Waals surface area contributed by atoms with Crippen molar-refractivity contribution in [2.24, 2.45) is 0 Å². The zero-order valence-corrected chi connectivity index (χ0v) is 18.4. The monoisotopic (exact) mass is 421 g/mol. The highest BCUT2D eigenvalue weighted by Crippen LogP contribution is 2.25. The number of rotatable bonds is 9. The van der Waals surface area contributed by atoms with Crippen molar-refractivity contribution in [3.63, 3.8) is 0 Å². The Morgan fingerprint density at radius 3 is 2.33 bits per heavy atom. The average Bonchev–Trinajstić information content (AvgIpc) is 2.78. The van der Waals surface area contributed by atoms with Crippen LogP contribution in [-0.2, 0) is 10.5 Å². The quantitative estimate of drug-likeness (QED) is 0.425. The van der Waals surface area contributed by atoms with Crippen molar-refractivity contribution in [3.05, 3.63) is 83.9 Å². The number of nitrogens with one attached hydrogen (secondary N) is 1. The summed E-state index contributed by atoms with van der Waals surface area (Å²) in [7, 11) is 1.62. The van der Waals surface area contributed by atoms with Crippen molar-refractivity contribution in [1.29, 1.82) is 0 Å². The van der Waals surface area contributed by atoms with E-state index >= 15 is 0 Å². The normalized spacial score (nSPS) is 11.6. The van der Waals surface area contributed by atoms with Crippen LogP contribution in [0.3, 0.4) is 0 Å². The molecule has 0 heterocycles. The van der Waals surface area contributed by atoms with Gasteiger partial charge in [-0.3, -0.25) is 4.79 Å². The van der Waals surface area contributed by atoms with Gasteiger partial charge in [-0.2, -0.15) is 0 Å². The molecule has 0 aromatic heterocycles. The number of aryl methyl sites for hydroxylation is 1. The second-order valence-corrected chi connectivity index (χ2v) is 7.98. The summed E-state index contributed by atoms with van der Waals surface area (Å²) in [6, 6.07) is 23.7. The maximum Gasteiger partial charge on any atom is 0.265 e. The van der Waals surface area contributed by atoms with E-state index in [0.717, 1.165) is 22.8 Å². The van der Waals surface area contributed by atoms with Crippen LogP contribution in [-0.4, -0.2) is 19.1 Å². The van der Waals surface area contributed by atoms with Crippen LogP contribution in [0.25, 0.3) is 0 Å². The third-order valence-electron chi connectivity index (χ3n) is 4.70. The minimum atomic E-state index is -0.564. The molecule has 0 saturated carbocycles. The van der Waals surface area contributed by atoms with Gasteiger partial charge in [-0.25, -0.2) is 0 Å². The number of thioether (sulfide) groups is 1. The van der Waals surface area contributed by atoms with E-state index in [9.17, 15) is 4.79 Å². The predicted molar refractivity (Wildman–Crippen MR) is 124 cm³/mol. The highest BCUT2D eigenvalue weighted by atomic mass is 32.2. The molecule has 0 saturated heterocycles. The number of hydrogen-bond donors (Lipinski definition) is 1. The van der Waals surface area contributed by atoms with Crippen LogP contribution in [0.1, 0.15) is 24.5 Å². The number of methoxy groups -OCH3 is 1. The van der Waals surface area contributed by atoms with E-state index in [1.54, 1.807) is 31.0 Å². The number of hydrogen-bond acceptors (Lipinski definition) is 4. The average molecular weight is 422 g/mol. The molecule has 0 aliphatic heterocycles. The number of carbonyl (C=O) groups is 1. The van der Waals surface area contributed by atoms with Gasteiger partial charge in [0.1, 0.15) is 11.5 Å². The molecule has 0 spiro atoms. The van der Waals surface area contributed by atoms with E-state index in [2.05, 4.69) is 29.6 Å². The number of benzene rings is 3. The molecule has 0 aliphatic rings. The van der Waals surface area contributed by atoms with Gasteiger partial charge < -0.3 is 14.8 Å². The Morgan fingerprint density at radius 1 is 1.00 bits per heavy atom. The molecule has 1 atom stereocenters. The summed E-state index contributed by atoms with van der Waals surface area (Å²) in [6.07, 6.45) is 0.00834. The third kappa shape index (κ3) is 6.04. The Balaban J connectivity index is 1.60. The van der Waals surface area contributed by atoms with Gasteiger partial charge in [0.2, 0.25) is 0 Å². The summed E-state index contributed by atoms with van der Waals surface area (Å²) in [5, 5.41) is 3.01. The van der Waals surface area contributed by atoms with E-state index in [0.29, 0.717) is 12.2 Å². The fourth-order valence-electron chi connectivity index (χ4n) is 2.99. The van der Waals surface area contributed by atoms with Crippen molar-refractivity contribution in [3.8, 4) is 11.5 Å². The van der Waals surface area contributed by atoms with Crippen LogP contribution in [0, 0.1) is 6.92 Å². The molecule has 0 unspecified atom stereocenters. The van der Waals surface area contributed by atoms with Gasteiger partial charge in [0.25, 0.3) is 5.91 Å². The van der Waals surface area contributed by atoms with Crippen LogP contribution < -0.4 is 14.8 Å². The summed E-state index contributed by atoms with van der Waals surface area (Å²) < 4.78 is 11.0. The maximum atomic E-state index is 12.8. The number of ether oxygens (including phenoxy) is 2. The Bertz CT molecular complexity index is 958. The SMILES string of the molecule is CC[C@H](Oc1ccc(OC)cc1)C(=O)Nc1ccc(CSc2ccccc2)cc1C. The Morgan fingerprint density at radius 2 is 1.70 bits per heavy atom. The molecule has 4 nitrogen and oxygen atoms in total. The fourth-order valence-corrected chi connectivity index (χ4v) is 3.86. The second-order valence-electron chi connectivity index (χ2n) is 6.93. The van der Waals surface area contributed by atoms with Crippen LogP contribution in [0.2, 0.25) is 0 Å². The van der Waals surface area contributed by atoms with E-state index < -0.39 is 6.10 Å². The van der Waals surface area contributed by atoms with Crippen LogP contribution in [0.15, 0.2) is 77.7 Å². The molecule has 1 N–H and O–H groups in total. The predicted octanol–water partition coefficient (Wildman–Crippen LogP) is 6.09. The van der Waals surface area contributed by atoms with Crippen molar-refractivity contribution < 1.29 is 14.3 Å². The summed E-state index contributed by atoms with van der Waals surface area (Å²) in [5.74, 6) is 2.13. The first-order chi connectivity index (χ1) is 14.6. The summed E-state index contributed by atoms with van der Waals surface area (Å²) in [4.78, 5) is 14.0. The van der Waals surface area contributed by atoms with Gasteiger partial charge in [0.05, 0.1) is 7.11 Å². The van der Waals surface area contributed by atoms with Gasteiger partial charge in [-0.1, -0.05) is 37.3 Å². The molecule has 0 bridgehead atoms. The largest absolute Gasteiger partial charge is 0.497 e. The maximum absolute atomic E-state index is 12.8. The van der Waals surface area contributed by atoms with Gasteiger partial charge in [0, 0.05) is 16.3 Å². The van der Waals surface area contributed by atoms with Crippen molar-refractivity contribution in [2.75, 3.05) is 12.4 Å². The van der Waals surface area contributed by atoms with E-state index in [1.165, 1.54) is 10.5 Å². The van der Waals surface area contributed by atoms with Gasteiger partial charge >= 0.3 is 0 Å². The molecule has 156 valence electrons. The second kappa shape index (κ2) is 10.7. The topological polar surface area (TPSA) is 47.6 Å². The Kier molecular flexibility index (Phi) is 7.80. The minimum absolute atomic E-state index is 0.150. The summed E-state index contributed by atoms with van der Waals surface area (Å²) in [6.45, 7) is 3.95. The lowest BCUT2D eigenvalue weighted by molar-refractivity contribution is -0.122. The molecule has 0 fully saturated rings. The summed E-state index contributed by atoms with van der Waals surface area (Å²) in [5.41, 5.74) is 3.07. The van der Waals surface area contributed by atoms with Gasteiger partial charge in [-0.05, 0) is 66.9 Å².